The molecule has 1 aromatic carbocycles. The van der Waals surface area contributed by atoms with E-state index < -0.39 is 17.7 Å². The monoisotopic (exact) mass is 300 g/mol. The summed E-state index contributed by atoms with van der Waals surface area (Å²) >= 11 is 6.13. The second kappa shape index (κ2) is 6.30. The molecule has 2 aromatic rings. The minimum atomic E-state index is -0.930. The van der Waals surface area contributed by atoms with Crippen LogP contribution in [0.2, 0.25) is 5.02 Å². The number of nitrogens with one attached hydrogen (secondary N) is 1. The first-order valence-corrected chi connectivity index (χ1v) is 6.58. The van der Waals surface area contributed by atoms with Crippen LogP contribution in [0, 0.1) is 11.6 Å². The van der Waals surface area contributed by atoms with Crippen LogP contribution in [0.3, 0.4) is 0 Å². The van der Waals surface area contributed by atoms with Gasteiger partial charge in [-0.05, 0) is 24.1 Å². The van der Waals surface area contributed by atoms with E-state index in [2.05, 4.69) is 10.5 Å². The van der Waals surface area contributed by atoms with Gasteiger partial charge in [0.15, 0.2) is 11.6 Å². The molecule has 0 aliphatic rings. The summed E-state index contributed by atoms with van der Waals surface area (Å²) in [6.45, 7) is 2.66. The number of hydrogen-bond donors (Lipinski definition) is 2. The van der Waals surface area contributed by atoms with Crippen LogP contribution in [0.1, 0.15) is 30.6 Å². The van der Waals surface area contributed by atoms with E-state index >= 15 is 0 Å². The number of hydrazine groups is 1. The average molecular weight is 301 g/mol. The number of nitrogens with two attached hydrogens (primary N) is 1. The van der Waals surface area contributed by atoms with Gasteiger partial charge in [0.05, 0.1) is 23.0 Å². The fourth-order valence-corrected chi connectivity index (χ4v) is 2.32. The summed E-state index contributed by atoms with van der Waals surface area (Å²) < 4.78 is 28.1. The highest BCUT2D eigenvalue weighted by Crippen LogP contribution is 2.28. The van der Waals surface area contributed by atoms with Crippen molar-refractivity contribution in [2.75, 3.05) is 0 Å². The van der Waals surface area contributed by atoms with Crippen molar-refractivity contribution >= 4 is 11.6 Å². The van der Waals surface area contributed by atoms with Crippen LogP contribution in [0.4, 0.5) is 8.78 Å². The number of nitrogens with zero attached hydrogens (tertiary/aromatic N) is 2. The van der Waals surface area contributed by atoms with Crippen LogP contribution in [0.25, 0.3) is 0 Å². The Bertz CT molecular complexity index is 600. The molecule has 1 heterocycles. The maximum absolute atomic E-state index is 13.4. The second-order valence-corrected chi connectivity index (χ2v) is 4.78. The second-order valence-electron chi connectivity index (χ2n) is 4.37. The molecule has 20 heavy (non-hydrogen) atoms. The molecule has 0 radical (unpaired) electrons. The molecule has 4 nitrogen and oxygen atoms in total. The molecular formula is C13H15ClF2N4. The zero-order valence-corrected chi connectivity index (χ0v) is 11.7. The number of hydrogen-bond acceptors (Lipinski definition) is 3. The Balaban J connectivity index is 2.46. The first kappa shape index (κ1) is 14.9. The average Bonchev–Trinajstić information content (AvgIpc) is 2.77. The number of halogens is 3. The zero-order valence-electron chi connectivity index (χ0n) is 10.9. The van der Waals surface area contributed by atoms with Gasteiger partial charge in [0.25, 0.3) is 0 Å². The minimum absolute atomic E-state index is 0.422. The largest absolute Gasteiger partial charge is 0.271 e. The highest BCUT2D eigenvalue weighted by atomic mass is 35.5. The van der Waals surface area contributed by atoms with E-state index in [1.165, 1.54) is 12.3 Å². The third kappa shape index (κ3) is 2.82. The molecule has 108 valence electrons. The van der Waals surface area contributed by atoms with Crippen molar-refractivity contribution in [3.63, 3.8) is 0 Å². The van der Waals surface area contributed by atoms with Gasteiger partial charge in [0, 0.05) is 6.54 Å². The molecule has 0 aliphatic carbocycles. The molecule has 0 saturated carbocycles. The standard InChI is InChI=1S/C13H15ClF2N4/c1-2-5-20-13(9(14)7-18-20)12(19-17)8-3-4-10(15)11(16)6-8/h3-4,6-7,12,19H,2,5,17H2,1H3. The van der Waals surface area contributed by atoms with E-state index in [1.807, 2.05) is 6.92 Å². The fourth-order valence-electron chi connectivity index (χ4n) is 2.07. The molecular weight excluding hydrogens is 286 g/mol. The number of aromatic nitrogens is 2. The van der Waals surface area contributed by atoms with Crippen LogP contribution in [0.5, 0.6) is 0 Å². The number of benzene rings is 1. The molecule has 0 bridgehead atoms. The summed E-state index contributed by atoms with van der Waals surface area (Å²) in [7, 11) is 0. The molecule has 7 heteroatoms. The highest BCUT2D eigenvalue weighted by Gasteiger charge is 2.22. The van der Waals surface area contributed by atoms with Crippen molar-refractivity contribution in [3.8, 4) is 0 Å². The molecule has 0 fully saturated rings. The van der Waals surface area contributed by atoms with Crippen molar-refractivity contribution in [2.24, 2.45) is 5.84 Å². The third-order valence-corrected chi connectivity index (χ3v) is 3.28. The lowest BCUT2D eigenvalue weighted by atomic mass is 10.0. The van der Waals surface area contributed by atoms with Crippen molar-refractivity contribution in [1.29, 1.82) is 0 Å². The van der Waals surface area contributed by atoms with Gasteiger partial charge < -0.3 is 0 Å². The van der Waals surface area contributed by atoms with E-state index in [0.29, 0.717) is 22.8 Å². The molecule has 3 N–H and O–H groups in total. The maximum atomic E-state index is 13.4. The fraction of sp³-hybridized carbons (Fsp3) is 0.308. The van der Waals surface area contributed by atoms with E-state index in [1.54, 1.807) is 4.68 Å². The molecule has 0 saturated heterocycles. The minimum Gasteiger partial charge on any atom is -0.271 e. The van der Waals surface area contributed by atoms with Crippen LogP contribution in [-0.4, -0.2) is 9.78 Å². The molecule has 0 aliphatic heterocycles. The van der Waals surface area contributed by atoms with Crippen molar-refractivity contribution in [3.05, 3.63) is 52.3 Å². The Morgan fingerprint density at radius 1 is 1.40 bits per heavy atom. The summed E-state index contributed by atoms with van der Waals surface area (Å²) in [5.74, 6) is 3.72. The van der Waals surface area contributed by atoms with Gasteiger partial charge in [-0.2, -0.15) is 5.10 Å². The van der Waals surface area contributed by atoms with Crippen LogP contribution < -0.4 is 11.3 Å². The molecule has 1 atom stereocenters. The summed E-state index contributed by atoms with van der Waals surface area (Å²) in [5, 5.41) is 4.58. The van der Waals surface area contributed by atoms with E-state index in [-0.39, 0.29) is 0 Å². The normalized spacial score (nSPS) is 12.7. The third-order valence-electron chi connectivity index (χ3n) is 2.99. The van der Waals surface area contributed by atoms with E-state index in [4.69, 9.17) is 17.4 Å². The van der Waals surface area contributed by atoms with Crippen molar-refractivity contribution in [2.45, 2.75) is 25.9 Å². The summed E-state index contributed by atoms with van der Waals surface area (Å²) in [5.41, 5.74) is 3.68. The summed E-state index contributed by atoms with van der Waals surface area (Å²) in [6.07, 6.45) is 2.37. The SMILES string of the molecule is CCCn1ncc(Cl)c1C(NN)c1ccc(F)c(F)c1. The number of rotatable bonds is 5. The molecule has 1 unspecified atom stereocenters. The number of aryl methyl sites for hydroxylation is 1. The van der Waals surface area contributed by atoms with Crippen molar-refractivity contribution < 1.29 is 8.78 Å². The maximum Gasteiger partial charge on any atom is 0.159 e. The van der Waals surface area contributed by atoms with E-state index in [0.717, 1.165) is 18.6 Å². The van der Waals surface area contributed by atoms with Gasteiger partial charge in [-0.3, -0.25) is 10.5 Å². The van der Waals surface area contributed by atoms with Crippen LogP contribution in [0.15, 0.2) is 24.4 Å². The zero-order chi connectivity index (χ0) is 14.7. The predicted octanol–water partition coefficient (Wildman–Crippen LogP) is 2.78. The highest BCUT2D eigenvalue weighted by molar-refractivity contribution is 6.31. The van der Waals surface area contributed by atoms with Gasteiger partial charge in [0.1, 0.15) is 0 Å². The van der Waals surface area contributed by atoms with Crippen molar-refractivity contribution in [1.82, 2.24) is 15.2 Å². The lowest BCUT2D eigenvalue weighted by Gasteiger charge is -2.19. The quantitative estimate of drug-likeness (QED) is 0.659. The van der Waals surface area contributed by atoms with Crippen LogP contribution >= 0.6 is 11.6 Å². The Kier molecular flexibility index (Phi) is 4.69. The molecule has 0 amide bonds. The smallest absolute Gasteiger partial charge is 0.159 e. The molecule has 1 aromatic heterocycles. The summed E-state index contributed by atoms with van der Waals surface area (Å²) in [4.78, 5) is 0. The van der Waals surface area contributed by atoms with Gasteiger partial charge in [-0.25, -0.2) is 14.2 Å². The molecule has 2 rings (SSSR count). The van der Waals surface area contributed by atoms with E-state index in [9.17, 15) is 8.78 Å². The first-order chi connectivity index (χ1) is 9.58. The Hall–Kier alpha value is -1.50. The Labute approximate surface area is 120 Å². The van der Waals surface area contributed by atoms with Gasteiger partial charge >= 0.3 is 0 Å². The first-order valence-electron chi connectivity index (χ1n) is 6.20. The van der Waals surface area contributed by atoms with Crippen LogP contribution in [-0.2, 0) is 6.54 Å². The predicted molar refractivity (Wildman–Crippen MR) is 73.1 cm³/mol. The Morgan fingerprint density at radius 3 is 2.75 bits per heavy atom. The lowest BCUT2D eigenvalue weighted by molar-refractivity contribution is 0.496. The van der Waals surface area contributed by atoms with Gasteiger partial charge in [0.2, 0.25) is 0 Å². The Morgan fingerprint density at radius 2 is 2.15 bits per heavy atom. The topological polar surface area (TPSA) is 55.9 Å². The van der Waals surface area contributed by atoms with Gasteiger partial charge in [-0.1, -0.05) is 24.6 Å². The summed E-state index contributed by atoms with van der Waals surface area (Å²) in [6, 6.07) is 3.05. The lowest BCUT2D eigenvalue weighted by Crippen LogP contribution is -2.31. The molecule has 0 spiro atoms. The van der Waals surface area contributed by atoms with Gasteiger partial charge in [-0.15, -0.1) is 0 Å².